The number of rotatable bonds is 7. The molecule has 0 saturated heterocycles. The van der Waals surface area contributed by atoms with E-state index in [2.05, 4.69) is 16.1 Å². The second-order valence-corrected chi connectivity index (χ2v) is 6.97. The summed E-state index contributed by atoms with van der Waals surface area (Å²) < 4.78 is 7.27. The molecule has 0 radical (unpaired) electrons. The summed E-state index contributed by atoms with van der Waals surface area (Å²) in [7, 11) is 3.84. The van der Waals surface area contributed by atoms with E-state index in [9.17, 15) is 4.79 Å². The first kappa shape index (κ1) is 19.6. The molecular weight excluding hydrogens is 352 g/mol. The molecule has 0 unspecified atom stereocenters. The maximum Gasteiger partial charge on any atom is 0.344 e. The molecule has 0 aliphatic heterocycles. The second kappa shape index (κ2) is 9.19. The fourth-order valence-corrected chi connectivity index (χ4v) is 2.83. The van der Waals surface area contributed by atoms with Crippen LogP contribution >= 0.6 is 0 Å². The van der Waals surface area contributed by atoms with Crippen molar-refractivity contribution in [3.8, 4) is 11.5 Å². The van der Waals surface area contributed by atoms with Gasteiger partial charge in [0.05, 0.1) is 6.20 Å². The highest BCUT2D eigenvalue weighted by Crippen LogP contribution is 2.22. The van der Waals surface area contributed by atoms with Crippen molar-refractivity contribution in [1.82, 2.24) is 19.6 Å². The lowest BCUT2D eigenvalue weighted by Gasteiger charge is -2.22. The summed E-state index contributed by atoms with van der Waals surface area (Å²) in [5, 5.41) is 4.07. The van der Waals surface area contributed by atoms with Gasteiger partial charge < -0.3 is 14.5 Å². The fourth-order valence-electron chi connectivity index (χ4n) is 2.83. The molecule has 0 atom stereocenters. The molecule has 28 heavy (non-hydrogen) atoms. The predicted octanol–water partition coefficient (Wildman–Crippen LogP) is 4.02. The molecule has 0 aliphatic carbocycles. The van der Waals surface area contributed by atoms with E-state index in [0.717, 1.165) is 35.7 Å². The summed E-state index contributed by atoms with van der Waals surface area (Å²) in [5.74, 6) is 1.64. The molecular formula is C22H26N4O2. The first-order valence-electron chi connectivity index (χ1n) is 9.28. The second-order valence-electron chi connectivity index (χ2n) is 6.97. The molecule has 146 valence electrons. The lowest BCUT2D eigenvalue weighted by atomic mass is 10.2. The summed E-state index contributed by atoms with van der Waals surface area (Å²) in [6.07, 6.45) is 3.42. The zero-order valence-electron chi connectivity index (χ0n) is 16.6. The number of ether oxygens (including phenoxy) is 1. The molecule has 6 nitrogen and oxygen atoms in total. The smallest absolute Gasteiger partial charge is 0.344 e. The number of benzene rings is 2. The molecule has 3 aromatic rings. The predicted molar refractivity (Wildman–Crippen MR) is 110 cm³/mol. The Hall–Kier alpha value is -3.12. The standard InChI is InChI=1S/C22H26N4O2/c1-18-15-23-26(16-18)22(27)25(3)13-12-24(2)17-19-8-7-11-21(14-19)28-20-9-5-4-6-10-20/h4-11,14-16H,12-13,17H2,1-3H3. The number of nitrogens with zero attached hydrogens (tertiary/aromatic N) is 4. The minimum Gasteiger partial charge on any atom is -0.457 e. The Morgan fingerprint density at radius 1 is 1.04 bits per heavy atom. The average Bonchev–Trinajstić information content (AvgIpc) is 3.13. The van der Waals surface area contributed by atoms with Crippen molar-refractivity contribution in [1.29, 1.82) is 0 Å². The normalized spacial score (nSPS) is 10.9. The van der Waals surface area contributed by atoms with Crippen LogP contribution in [0.15, 0.2) is 67.0 Å². The van der Waals surface area contributed by atoms with Crippen LogP contribution in [-0.2, 0) is 6.54 Å². The van der Waals surface area contributed by atoms with E-state index < -0.39 is 0 Å². The van der Waals surface area contributed by atoms with Crippen molar-refractivity contribution in [3.05, 3.63) is 78.1 Å². The van der Waals surface area contributed by atoms with Crippen LogP contribution in [0, 0.1) is 6.92 Å². The van der Waals surface area contributed by atoms with Gasteiger partial charge in [0.1, 0.15) is 11.5 Å². The molecule has 0 bridgehead atoms. The van der Waals surface area contributed by atoms with Gasteiger partial charge in [-0.3, -0.25) is 0 Å². The van der Waals surface area contributed by atoms with Gasteiger partial charge in [0, 0.05) is 32.9 Å². The molecule has 0 N–H and O–H groups in total. The SMILES string of the molecule is Cc1cnn(C(=O)N(C)CCN(C)Cc2cccc(Oc3ccccc3)c2)c1. The van der Waals surface area contributed by atoms with E-state index >= 15 is 0 Å². The molecule has 0 spiro atoms. The molecule has 1 amide bonds. The van der Waals surface area contributed by atoms with Crippen LogP contribution < -0.4 is 4.74 Å². The quantitative estimate of drug-likeness (QED) is 0.623. The van der Waals surface area contributed by atoms with Gasteiger partial charge in [0.2, 0.25) is 0 Å². The Balaban J connectivity index is 1.51. The highest BCUT2D eigenvalue weighted by molar-refractivity contribution is 5.75. The van der Waals surface area contributed by atoms with Crippen LogP contribution in [0.4, 0.5) is 4.79 Å². The van der Waals surface area contributed by atoms with E-state index in [1.165, 1.54) is 4.68 Å². The Kier molecular flexibility index (Phi) is 6.45. The molecule has 0 saturated carbocycles. The lowest BCUT2D eigenvalue weighted by molar-refractivity contribution is 0.198. The number of carbonyl (C=O) groups excluding carboxylic acids is 1. The monoisotopic (exact) mass is 378 g/mol. The third-order valence-electron chi connectivity index (χ3n) is 4.38. The first-order valence-corrected chi connectivity index (χ1v) is 9.28. The summed E-state index contributed by atoms with van der Waals surface area (Å²) in [6.45, 7) is 4.07. The van der Waals surface area contributed by atoms with Gasteiger partial charge in [-0.2, -0.15) is 9.78 Å². The van der Waals surface area contributed by atoms with Gasteiger partial charge in [0.25, 0.3) is 0 Å². The van der Waals surface area contributed by atoms with Gasteiger partial charge in [-0.05, 0) is 49.4 Å². The number of para-hydroxylation sites is 1. The fraction of sp³-hybridized carbons (Fsp3) is 0.273. The first-order chi connectivity index (χ1) is 13.5. The third-order valence-corrected chi connectivity index (χ3v) is 4.38. The van der Waals surface area contributed by atoms with Gasteiger partial charge in [-0.15, -0.1) is 0 Å². The van der Waals surface area contributed by atoms with Crippen molar-refractivity contribution in [2.24, 2.45) is 0 Å². The van der Waals surface area contributed by atoms with Crippen LogP contribution in [0.2, 0.25) is 0 Å². The Morgan fingerprint density at radius 3 is 2.50 bits per heavy atom. The zero-order valence-corrected chi connectivity index (χ0v) is 16.6. The Morgan fingerprint density at radius 2 is 1.79 bits per heavy atom. The summed E-state index contributed by atoms with van der Waals surface area (Å²) >= 11 is 0. The van der Waals surface area contributed by atoms with Crippen LogP contribution in [-0.4, -0.2) is 52.8 Å². The number of amides is 1. The van der Waals surface area contributed by atoms with Crippen molar-refractivity contribution in [2.75, 3.05) is 27.2 Å². The highest BCUT2D eigenvalue weighted by Gasteiger charge is 2.12. The Bertz CT molecular complexity index is 908. The summed E-state index contributed by atoms with van der Waals surface area (Å²) in [6, 6.07) is 17.7. The number of likely N-dealkylation sites (N-methyl/N-ethyl adjacent to an activating group) is 2. The number of aryl methyl sites for hydroxylation is 1. The number of aromatic nitrogens is 2. The topological polar surface area (TPSA) is 50.6 Å². The lowest BCUT2D eigenvalue weighted by Crippen LogP contribution is -2.37. The van der Waals surface area contributed by atoms with Gasteiger partial charge in [-0.1, -0.05) is 30.3 Å². The maximum atomic E-state index is 12.3. The van der Waals surface area contributed by atoms with E-state index in [0.29, 0.717) is 6.54 Å². The minimum atomic E-state index is -0.125. The zero-order chi connectivity index (χ0) is 19.9. The highest BCUT2D eigenvalue weighted by atomic mass is 16.5. The van der Waals surface area contributed by atoms with Gasteiger partial charge in [-0.25, -0.2) is 4.79 Å². The van der Waals surface area contributed by atoms with Gasteiger partial charge in [0.15, 0.2) is 0 Å². The largest absolute Gasteiger partial charge is 0.457 e. The molecule has 6 heteroatoms. The molecule has 0 aliphatic rings. The van der Waals surface area contributed by atoms with Crippen molar-refractivity contribution in [2.45, 2.75) is 13.5 Å². The number of carbonyl (C=O) groups is 1. The van der Waals surface area contributed by atoms with Crippen molar-refractivity contribution < 1.29 is 9.53 Å². The molecule has 1 aromatic heterocycles. The third kappa shape index (κ3) is 5.44. The van der Waals surface area contributed by atoms with E-state index in [1.807, 2.05) is 62.5 Å². The van der Waals surface area contributed by atoms with E-state index in [-0.39, 0.29) is 6.03 Å². The van der Waals surface area contributed by atoms with Crippen LogP contribution in [0.1, 0.15) is 11.1 Å². The van der Waals surface area contributed by atoms with Crippen LogP contribution in [0.25, 0.3) is 0 Å². The summed E-state index contributed by atoms with van der Waals surface area (Å²) in [5.41, 5.74) is 2.13. The average molecular weight is 378 g/mol. The molecule has 2 aromatic carbocycles. The maximum absolute atomic E-state index is 12.3. The van der Waals surface area contributed by atoms with Crippen molar-refractivity contribution >= 4 is 6.03 Å². The van der Waals surface area contributed by atoms with E-state index in [1.54, 1.807) is 24.3 Å². The number of hydrogen-bond acceptors (Lipinski definition) is 4. The molecule has 1 heterocycles. The van der Waals surface area contributed by atoms with Crippen LogP contribution in [0.5, 0.6) is 11.5 Å². The summed E-state index contributed by atoms with van der Waals surface area (Å²) in [4.78, 5) is 16.2. The number of hydrogen-bond donors (Lipinski definition) is 0. The van der Waals surface area contributed by atoms with Gasteiger partial charge >= 0.3 is 6.03 Å². The molecule has 3 rings (SSSR count). The van der Waals surface area contributed by atoms with E-state index in [4.69, 9.17) is 4.74 Å². The van der Waals surface area contributed by atoms with Crippen molar-refractivity contribution in [3.63, 3.8) is 0 Å². The van der Waals surface area contributed by atoms with Crippen LogP contribution in [0.3, 0.4) is 0 Å². The minimum absolute atomic E-state index is 0.125. The Labute approximate surface area is 166 Å². The molecule has 0 fully saturated rings.